The van der Waals surface area contributed by atoms with E-state index in [0.717, 1.165) is 23.0 Å². The average molecular weight is 393 g/mol. The van der Waals surface area contributed by atoms with Crippen LogP contribution in [0.2, 0.25) is 0 Å². The maximum atomic E-state index is 13.0. The third-order valence-electron chi connectivity index (χ3n) is 5.66. The number of hydrogen-bond donors (Lipinski definition) is 1. The number of amides is 1. The van der Waals surface area contributed by atoms with Crippen molar-refractivity contribution < 1.29 is 9.53 Å². The highest BCUT2D eigenvalue weighted by molar-refractivity contribution is 5.93. The van der Waals surface area contributed by atoms with Crippen LogP contribution >= 0.6 is 0 Å². The smallest absolute Gasteiger partial charge is 0.269 e. The van der Waals surface area contributed by atoms with Crippen molar-refractivity contribution in [3.63, 3.8) is 0 Å². The molecule has 1 N–H and O–H groups in total. The fourth-order valence-corrected chi connectivity index (χ4v) is 3.96. The molecule has 2 atom stereocenters. The molecule has 1 amide bonds. The highest BCUT2D eigenvalue weighted by atomic mass is 16.5. The summed E-state index contributed by atoms with van der Waals surface area (Å²) >= 11 is 0. The van der Waals surface area contributed by atoms with Crippen molar-refractivity contribution in [1.29, 1.82) is 0 Å². The lowest BCUT2D eigenvalue weighted by Gasteiger charge is -2.20. The van der Waals surface area contributed by atoms with Gasteiger partial charge in [0, 0.05) is 24.0 Å². The molecule has 1 aliphatic rings. The van der Waals surface area contributed by atoms with Crippen molar-refractivity contribution in [1.82, 2.24) is 20.1 Å². The fourth-order valence-electron chi connectivity index (χ4n) is 3.96. The maximum Gasteiger partial charge on any atom is 0.269 e. The molecule has 4 rings (SSSR count). The number of aryl methyl sites for hydroxylation is 1. The van der Waals surface area contributed by atoms with Crippen molar-refractivity contribution in [3.05, 3.63) is 59.5 Å². The Balaban J connectivity index is 1.51. The number of pyridine rings is 1. The van der Waals surface area contributed by atoms with Crippen LogP contribution in [-0.4, -0.2) is 39.9 Å². The summed E-state index contributed by atoms with van der Waals surface area (Å²) in [6, 6.07) is 12.1. The van der Waals surface area contributed by atoms with Gasteiger partial charge in [-0.3, -0.25) is 14.5 Å². The quantitative estimate of drug-likeness (QED) is 0.696. The molecule has 29 heavy (non-hydrogen) atoms. The molecule has 0 spiro atoms. The van der Waals surface area contributed by atoms with Gasteiger partial charge in [-0.1, -0.05) is 32.0 Å². The lowest BCUT2D eigenvalue weighted by Crippen LogP contribution is -2.41. The average Bonchev–Trinajstić information content (AvgIpc) is 3.35. The van der Waals surface area contributed by atoms with E-state index in [2.05, 4.69) is 41.4 Å². The monoisotopic (exact) mass is 392 g/mol. The first-order valence-corrected chi connectivity index (χ1v) is 10.4. The van der Waals surface area contributed by atoms with Gasteiger partial charge < -0.3 is 10.1 Å². The Morgan fingerprint density at radius 3 is 2.90 bits per heavy atom. The van der Waals surface area contributed by atoms with E-state index in [-0.39, 0.29) is 23.8 Å². The van der Waals surface area contributed by atoms with Crippen LogP contribution in [0.4, 0.5) is 0 Å². The minimum Gasteiger partial charge on any atom is -0.379 e. The molecule has 1 saturated heterocycles. The Hall–Kier alpha value is -2.73. The molecular weight excluding hydrogens is 364 g/mol. The molecular formula is C23H28N4O2. The van der Waals surface area contributed by atoms with Gasteiger partial charge in [0.2, 0.25) is 0 Å². The Kier molecular flexibility index (Phi) is 5.62. The van der Waals surface area contributed by atoms with Crippen LogP contribution in [0.25, 0.3) is 10.9 Å². The van der Waals surface area contributed by atoms with Gasteiger partial charge >= 0.3 is 0 Å². The molecule has 1 fully saturated rings. The van der Waals surface area contributed by atoms with Gasteiger partial charge in [0.1, 0.15) is 5.69 Å². The summed E-state index contributed by atoms with van der Waals surface area (Å²) in [5.74, 6) is 0.440. The maximum absolute atomic E-state index is 13.0. The largest absolute Gasteiger partial charge is 0.379 e. The fraction of sp³-hybridized carbons (Fsp3) is 0.435. The third-order valence-corrected chi connectivity index (χ3v) is 5.66. The molecule has 1 aromatic carbocycles. The summed E-state index contributed by atoms with van der Waals surface area (Å²) in [5.41, 5.74) is 3.80. The van der Waals surface area contributed by atoms with E-state index in [1.54, 1.807) is 4.68 Å². The summed E-state index contributed by atoms with van der Waals surface area (Å²) in [5, 5.41) is 8.93. The first kappa shape index (κ1) is 19.6. The summed E-state index contributed by atoms with van der Waals surface area (Å²) in [6.07, 6.45) is 2.70. The van der Waals surface area contributed by atoms with Crippen LogP contribution in [0, 0.1) is 5.92 Å². The standard InChI is InChI=1S/C23H28N4O2/c1-4-27-22(12-20(26-27)15(2)3)23(28)25-21-14-29-13-17(21)11-16-9-10-24-19-8-6-5-7-18(16)19/h5-10,12,15,17,21H,4,11,13-14H2,1-3H3,(H,25,28)/t17-,21-/m1/s1. The number of hydrogen-bond acceptors (Lipinski definition) is 4. The highest BCUT2D eigenvalue weighted by Crippen LogP contribution is 2.24. The zero-order chi connectivity index (χ0) is 20.4. The molecule has 6 nitrogen and oxygen atoms in total. The van der Waals surface area contributed by atoms with E-state index in [9.17, 15) is 4.79 Å². The summed E-state index contributed by atoms with van der Waals surface area (Å²) < 4.78 is 7.52. The van der Waals surface area contributed by atoms with Crippen molar-refractivity contribution in [3.8, 4) is 0 Å². The Morgan fingerprint density at radius 2 is 2.10 bits per heavy atom. The summed E-state index contributed by atoms with van der Waals surface area (Å²) in [6.45, 7) is 8.03. The van der Waals surface area contributed by atoms with E-state index in [1.807, 2.05) is 37.4 Å². The van der Waals surface area contributed by atoms with Gasteiger partial charge in [0.05, 0.1) is 30.5 Å². The van der Waals surface area contributed by atoms with Crippen molar-refractivity contribution in [2.45, 2.75) is 45.7 Å². The summed E-state index contributed by atoms with van der Waals surface area (Å²) in [4.78, 5) is 17.4. The highest BCUT2D eigenvalue weighted by Gasteiger charge is 2.31. The van der Waals surface area contributed by atoms with E-state index in [1.165, 1.54) is 5.56 Å². The molecule has 3 heterocycles. The second kappa shape index (κ2) is 8.33. The normalized spacial score (nSPS) is 19.2. The molecule has 0 saturated carbocycles. The van der Waals surface area contributed by atoms with Gasteiger partial charge in [-0.25, -0.2) is 0 Å². The lowest BCUT2D eigenvalue weighted by molar-refractivity contribution is 0.0914. The van der Waals surface area contributed by atoms with Crippen LogP contribution in [-0.2, 0) is 17.7 Å². The van der Waals surface area contributed by atoms with E-state index in [0.29, 0.717) is 25.5 Å². The van der Waals surface area contributed by atoms with E-state index >= 15 is 0 Å². The number of ether oxygens (including phenoxy) is 1. The van der Waals surface area contributed by atoms with Crippen LogP contribution in [0.1, 0.15) is 48.4 Å². The lowest BCUT2D eigenvalue weighted by atomic mass is 9.93. The number of nitrogens with zero attached hydrogens (tertiary/aromatic N) is 3. The second-order valence-corrected chi connectivity index (χ2v) is 7.99. The molecule has 0 unspecified atom stereocenters. The first-order valence-electron chi connectivity index (χ1n) is 10.4. The summed E-state index contributed by atoms with van der Waals surface area (Å²) in [7, 11) is 0. The molecule has 0 aliphatic carbocycles. The number of nitrogens with one attached hydrogen (secondary N) is 1. The van der Waals surface area contributed by atoms with Crippen molar-refractivity contribution in [2.24, 2.45) is 5.92 Å². The zero-order valence-electron chi connectivity index (χ0n) is 17.3. The molecule has 0 bridgehead atoms. The third kappa shape index (κ3) is 4.03. The molecule has 6 heteroatoms. The molecule has 1 aliphatic heterocycles. The van der Waals surface area contributed by atoms with Gasteiger partial charge in [0.15, 0.2) is 0 Å². The predicted octanol–water partition coefficient (Wildman–Crippen LogP) is 3.56. The number of para-hydroxylation sites is 1. The van der Waals surface area contributed by atoms with Crippen LogP contribution in [0.15, 0.2) is 42.6 Å². The number of aromatic nitrogens is 3. The first-order chi connectivity index (χ1) is 14.1. The topological polar surface area (TPSA) is 69.0 Å². The number of rotatable bonds is 6. The number of carbonyl (C=O) groups excluding carboxylic acids is 1. The van der Waals surface area contributed by atoms with E-state index in [4.69, 9.17) is 4.74 Å². The number of fused-ring (bicyclic) bond motifs is 1. The minimum atomic E-state index is -0.0775. The zero-order valence-corrected chi connectivity index (χ0v) is 17.3. The number of carbonyl (C=O) groups is 1. The Labute approximate surface area is 171 Å². The van der Waals surface area contributed by atoms with Crippen molar-refractivity contribution in [2.75, 3.05) is 13.2 Å². The number of benzene rings is 1. The molecule has 2 aromatic heterocycles. The van der Waals surface area contributed by atoms with Crippen molar-refractivity contribution >= 4 is 16.8 Å². The Morgan fingerprint density at radius 1 is 1.28 bits per heavy atom. The molecule has 152 valence electrons. The molecule has 0 radical (unpaired) electrons. The van der Waals surface area contributed by atoms with Gasteiger partial charge in [-0.05, 0) is 43.0 Å². The van der Waals surface area contributed by atoms with Crippen LogP contribution < -0.4 is 5.32 Å². The Bertz CT molecular complexity index is 1010. The van der Waals surface area contributed by atoms with Gasteiger partial charge in [0.25, 0.3) is 5.91 Å². The van der Waals surface area contributed by atoms with E-state index < -0.39 is 0 Å². The van der Waals surface area contributed by atoms with Crippen LogP contribution in [0.5, 0.6) is 0 Å². The molecule has 3 aromatic rings. The van der Waals surface area contributed by atoms with Gasteiger partial charge in [-0.2, -0.15) is 5.10 Å². The predicted molar refractivity (Wildman–Crippen MR) is 113 cm³/mol. The van der Waals surface area contributed by atoms with Gasteiger partial charge in [-0.15, -0.1) is 0 Å². The van der Waals surface area contributed by atoms with Crippen LogP contribution in [0.3, 0.4) is 0 Å². The second-order valence-electron chi connectivity index (χ2n) is 7.99. The SMILES string of the molecule is CCn1nc(C(C)C)cc1C(=O)N[C@@H]1COC[C@H]1Cc1ccnc2ccccc12. The minimum absolute atomic E-state index is 0.0165.